The van der Waals surface area contributed by atoms with Crippen LogP contribution in [0.25, 0.3) is 0 Å². The van der Waals surface area contributed by atoms with E-state index in [-0.39, 0.29) is 70.3 Å². The van der Waals surface area contributed by atoms with E-state index in [9.17, 15) is 18.0 Å². The second-order valence-corrected chi connectivity index (χ2v) is 23.0. The number of fused-ring (bicyclic) bond motifs is 1. The van der Waals surface area contributed by atoms with Gasteiger partial charge in [-0.2, -0.15) is 12.7 Å². The van der Waals surface area contributed by atoms with Crippen molar-refractivity contribution in [2.24, 2.45) is 44.8 Å². The molecular weight excluding hydrogens is 795 g/mol. The summed E-state index contributed by atoms with van der Waals surface area (Å²) in [6.45, 7) is 16.3. The number of nitrogens with zero attached hydrogens (tertiary/aromatic N) is 3. The summed E-state index contributed by atoms with van der Waals surface area (Å²) in [5.41, 5.74) is -2.20. The van der Waals surface area contributed by atoms with Gasteiger partial charge in [0.25, 0.3) is 0 Å². The summed E-state index contributed by atoms with van der Waals surface area (Å²) in [4.78, 5) is 77.8. The summed E-state index contributed by atoms with van der Waals surface area (Å²) in [6.07, 6.45) is 14.6. The number of ether oxygens (including phenoxy) is 1. The summed E-state index contributed by atoms with van der Waals surface area (Å²) >= 11 is 0. The minimum Gasteiger partial charge on any atom is -0.381 e. The summed E-state index contributed by atoms with van der Waals surface area (Å²) in [5, 5.41) is 3.27. The van der Waals surface area contributed by atoms with Crippen LogP contribution < -0.4 is 10.0 Å². The predicted molar refractivity (Wildman–Crippen MR) is 231 cm³/mol. The third-order valence-corrected chi connectivity index (χ3v) is 20.0. The number of likely N-dealkylation sites (N-methyl/N-ethyl adjacent to an activating group) is 1. The van der Waals surface area contributed by atoms with Crippen LogP contribution in [0.2, 0.25) is 0 Å². The van der Waals surface area contributed by atoms with Crippen molar-refractivity contribution in [1.82, 2.24) is 24.1 Å². The summed E-state index contributed by atoms with van der Waals surface area (Å²) < 4.78 is 36.0. The van der Waals surface area contributed by atoms with Crippen LogP contribution in [0.4, 0.5) is 0 Å². The van der Waals surface area contributed by atoms with Gasteiger partial charge in [-0.25, -0.2) is 4.72 Å². The van der Waals surface area contributed by atoms with Crippen molar-refractivity contribution in [3.63, 3.8) is 0 Å². The van der Waals surface area contributed by atoms with Crippen LogP contribution in [0.15, 0.2) is 12.7 Å². The quantitative estimate of drug-likeness (QED) is 0.195. The first kappa shape index (κ1) is 44.9. The lowest BCUT2D eigenvalue weighted by molar-refractivity contribution is -0.150. The number of carbonyl (C=O) groups excluding carboxylic acids is 5. The van der Waals surface area contributed by atoms with Gasteiger partial charge in [0.2, 0.25) is 17.7 Å². The van der Waals surface area contributed by atoms with Gasteiger partial charge in [0.15, 0.2) is 11.6 Å². The minimum absolute atomic E-state index is 0.00279. The second-order valence-electron chi connectivity index (χ2n) is 21.4. The molecule has 4 saturated carbocycles. The second kappa shape index (κ2) is 16.7. The summed E-state index contributed by atoms with van der Waals surface area (Å²) in [6, 6.07) is -1.76. The molecule has 4 saturated heterocycles. The first-order valence-electron chi connectivity index (χ1n) is 23.9. The van der Waals surface area contributed by atoms with Gasteiger partial charge in [0.1, 0.15) is 0 Å². The van der Waals surface area contributed by atoms with E-state index in [1.54, 1.807) is 11.0 Å². The first-order chi connectivity index (χ1) is 29.0. The number of hydrogen-bond donors (Lipinski definition) is 2. The van der Waals surface area contributed by atoms with Crippen molar-refractivity contribution >= 4 is 39.5 Å². The molecule has 0 unspecified atom stereocenters. The molecule has 2 N–H and O–H groups in total. The lowest BCUT2D eigenvalue weighted by Gasteiger charge is -2.43. The highest BCUT2D eigenvalue weighted by atomic mass is 32.2. The lowest BCUT2D eigenvalue weighted by Crippen LogP contribution is -2.54. The third-order valence-electron chi connectivity index (χ3n) is 18.5. The average molecular weight is 868 g/mol. The molecule has 8 aliphatic rings. The average Bonchev–Trinajstić information content (AvgIpc) is 3.63. The van der Waals surface area contributed by atoms with E-state index in [4.69, 9.17) is 4.74 Å². The Morgan fingerprint density at radius 3 is 2.11 bits per heavy atom. The Morgan fingerprint density at radius 1 is 0.836 bits per heavy atom. The zero-order valence-corrected chi connectivity index (χ0v) is 38.3. The molecule has 4 aliphatic heterocycles. The maximum absolute atomic E-state index is 15.7. The third kappa shape index (κ3) is 7.56. The number of carbonyl (C=O) groups is 5. The molecule has 0 aromatic rings. The van der Waals surface area contributed by atoms with Crippen molar-refractivity contribution in [1.29, 1.82) is 0 Å². The van der Waals surface area contributed by atoms with E-state index in [2.05, 4.69) is 49.2 Å². The van der Waals surface area contributed by atoms with Gasteiger partial charge < -0.3 is 15.0 Å². The fourth-order valence-electron chi connectivity index (χ4n) is 14.0. The van der Waals surface area contributed by atoms with Gasteiger partial charge in [0, 0.05) is 51.1 Å². The van der Waals surface area contributed by atoms with Crippen molar-refractivity contribution in [2.45, 2.75) is 161 Å². The molecule has 3 amide bonds. The highest BCUT2D eigenvalue weighted by Gasteiger charge is 2.85. The molecule has 13 nitrogen and oxygen atoms in total. The molecule has 8 rings (SSSR count). The Hall–Kier alpha value is -2.68. The molecule has 61 heavy (non-hydrogen) atoms. The van der Waals surface area contributed by atoms with Crippen LogP contribution in [0.5, 0.6) is 0 Å². The zero-order valence-electron chi connectivity index (χ0n) is 37.4. The topological polar surface area (TPSA) is 162 Å². The Balaban J connectivity index is 1.09. The number of Topliss-reactive ketones (excluding diaryl/α,β-unsaturated/α-hetero) is 2. The van der Waals surface area contributed by atoms with Crippen LogP contribution in [0.3, 0.4) is 0 Å². The molecular formula is C47H73N5O8S. The number of amides is 3. The first-order valence-corrected chi connectivity index (χ1v) is 25.4. The summed E-state index contributed by atoms with van der Waals surface area (Å²) in [5.74, 6) is -2.41. The molecule has 14 heteroatoms. The Bertz CT molecular complexity index is 1860. The SMILES string of the molecule is C=C[C@@H]1C[C@]1(CC(=O)[C@@H]1C[C@@]2(CN1C(=O)[C@@H](CC(=O)[C@@H](NC(=O)[C@@H]1CCCN1CC)C1CCCCC1)C1(C)CCOCC1)C(C)(C)C21CCC1)C(=O)NS(=O)(=O)N1CCCC1. The van der Waals surface area contributed by atoms with Gasteiger partial charge in [0.05, 0.1) is 29.5 Å². The molecule has 0 aromatic heterocycles. The lowest BCUT2D eigenvalue weighted by atomic mass is 9.67. The van der Waals surface area contributed by atoms with E-state index in [0.29, 0.717) is 58.5 Å². The molecule has 7 atom stereocenters. The molecule has 0 bridgehead atoms. The fourth-order valence-corrected chi connectivity index (χ4v) is 15.3. The highest BCUT2D eigenvalue weighted by molar-refractivity contribution is 7.87. The zero-order chi connectivity index (χ0) is 43.6. The number of hydrogen-bond acceptors (Lipinski definition) is 9. The Labute approximate surface area is 364 Å². The van der Waals surface area contributed by atoms with Gasteiger partial charge >= 0.3 is 10.2 Å². The number of ketones is 2. The normalized spacial score (nSPS) is 34.1. The van der Waals surface area contributed by atoms with Gasteiger partial charge in [-0.05, 0) is 118 Å². The van der Waals surface area contributed by atoms with Gasteiger partial charge in [-0.1, -0.05) is 59.5 Å². The highest BCUT2D eigenvalue weighted by Crippen LogP contribution is 2.88. The monoisotopic (exact) mass is 868 g/mol. The number of rotatable bonds is 16. The number of likely N-dealkylation sites (tertiary alicyclic amines) is 2. The molecule has 0 aromatic carbocycles. The molecule has 340 valence electrons. The van der Waals surface area contributed by atoms with E-state index < -0.39 is 44.9 Å². The van der Waals surface area contributed by atoms with Crippen molar-refractivity contribution in [3.8, 4) is 0 Å². The van der Waals surface area contributed by atoms with Crippen LogP contribution in [0.1, 0.15) is 143 Å². The number of allylic oxidation sites excluding steroid dienone is 1. The largest absolute Gasteiger partial charge is 0.381 e. The van der Waals surface area contributed by atoms with E-state index in [1.807, 2.05) is 0 Å². The van der Waals surface area contributed by atoms with E-state index in [0.717, 1.165) is 90.1 Å². The predicted octanol–water partition coefficient (Wildman–Crippen LogP) is 5.33. The van der Waals surface area contributed by atoms with Crippen LogP contribution >= 0.6 is 0 Å². The van der Waals surface area contributed by atoms with Gasteiger partial charge in [-0.3, -0.25) is 28.9 Å². The molecule has 0 radical (unpaired) electrons. The molecule has 4 heterocycles. The van der Waals surface area contributed by atoms with Crippen LogP contribution in [-0.2, 0) is 38.9 Å². The standard InChI is InChI=1S/C47H73N5O8S/c1-6-33-28-45(33,42(57)49-61(58,59)51-23-11-12-24-51)30-38(54)36-29-47(43(3,4)46(47)18-14-19-46)31-52(36)41(56)34(44(5)20-25-60-26-21-44)27-37(53)39(32-15-9-8-10-16-32)48-40(55)35-17-13-22-50(35)7-2/h6,32-36,39H,1,7-31H2,2-5H3,(H,48,55)(H,49,57)/t33-,34-,35+,36+,39+,45-,47-/m1/s1. The molecule has 4 aliphatic carbocycles. The van der Waals surface area contributed by atoms with E-state index >= 15 is 14.4 Å². The fraction of sp³-hybridized carbons (Fsp3) is 0.851. The minimum atomic E-state index is -4.07. The summed E-state index contributed by atoms with van der Waals surface area (Å²) in [7, 11) is -4.07. The van der Waals surface area contributed by atoms with Gasteiger partial charge in [-0.15, -0.1) is 6.58 Å². The Morgan fingerprint density at radius 2 is 1.52 bits per heavy atom. The smallest absolute Gasteiger partial charge is 0.303 e. The van der Waals surface area contributed by atoms with Crippen LogP contribution in [-0.4, -0.2) is 116 Å². The molecule has 2 spiro atoms. The van der Waals surface area contributed by atoms with Crippen molar-refractivity contribution in [3.05, 3.63) is 12.7 Å². The maximum atomic E-state index is 15.7. The maximum Gasteiger partial charge on any atom is 0.303 e. The van der Waals surface area contributed by atoms with Crippen molar-refractivity contribution < 1.29 is 37.1 Å². The van der Waals surface area contributed by atoms with E-state index in [1.165, 1.54) is 4.31 Å². The Kier molecular flexibility index (Phi) is 12.3. The van der Waals surface area contributed by atoms with Crippen LogP contribution in [0, 0.1) is 44.8 Å². The van der Waals surface area contributed by atoms with Crippen molar-refractivity contribution in [2.75, 3.05) is 45.9 Å². The number of nitrogens with one attached hydrogen (secondary N) is 2. The molecule has 8 fully saturated rings.